The molecule has 3 nitrogen and oxygen atoms in total. The maximum Gasteiger partial charge on any atom is 0.221 e. The highest BCUT2D eigenvalue weighted by Crippen LogP contribution is 2.26. The summed E-state index contributed by atoms with van der Waals surface area (Å²) in [5.74, 6) is 0.790. The van der Waals surface area contributed by atoms with Gasteiger partial charge in [0.25, 0.3) is 0 Å². The van der Waals surface area contributed by atoms with Crippen LogP contribution >= 0.6 is 27.7 Å². The molecule has 2 rings (SSSR count). The van der Waals surface area contributed by atoms with Crippen LogP contribution in [0.25, 0.3) is 0 Å². The minimum absolute atomic E-state index is 0.0602. The first-order chi connectivity index (χ1) is 9.52. The largest absolute Gasteiger partial charge is 0.399 e. The van der Waals surface area contributed by atoms with Gasteiger partial charge in [-0.3, -0.25) is 4.79 Å². The third-order valence-corrected chi connectivity index (χ3v) is 4.10. The van der Waals surface area contributed by atoms with Crippen LogP contribution in [0.1, 0.15) is 12.5 Å². The van der Waals surface area contributed by atoms with Crippen molar-refractivity contribution in [3.8, 4) is 0 Å². The fraction of sp³-hybridized carbons (Fsp3) is 0.133. The Bertz CT molecular complexity index is 594. The molecule has 104 valence electrons. The minimum Gasteiger partial charge on any atom is -0.399 e. The second-order valence-corrected chi connectivity index (χ2v) is 6.35. The van der Waals surface area contributed by atoms with E-state index in [2.05, 4.69) is 27.3 Å². The van der Waals surface area contributed by atoms with E-state index in [0.717, 1.165) is 26.5 Å². The molecule has 1 amide bonds. The minimum atomic E-state index is -0.0602. The number of amides is 1. The molecule has 2 aromatic carbocycles. The van der Waals surface area contributed by atoms with Gasteiger partial charge in [0.2, 0.25) is 5.91 Å². The first-order valence-corrected chi connectivity index (χ1v) is 7.86. The van der Waals surface area contributed by atoms with Crippen molar-refractivity contribution >= 4 is 45.0 Å². The molecule has 0 aromatic heterocycles. The van der Waals surface area contributed by atoms with E-state index in [1.165, 1.54) is 12.5 Å². The summed E-state index contributed by atoms with van der Waals surface area (Å²) in [6.07, 6.45) is 0. The van der Waals surface area contributed by atoms with Gasteiger partial charge < -0.3 is 11.1 Å². The van der Waals surface area contributed by atoms with Crippen molar-refractivity contribution in [2.24, 2.45) is 0 Å². The van der Waals surface area contributed by atoms with Crippen LogP contribution in [-0.4, -0.2) is 5.91 Å². The predicted molar refractivity (Wildman–Crippen MR) is 88.9 cm³/mol. The molecule has 0 atom stereocenters. The van der Waals surface area contributed by atoms with E-state index < -0.39 is 0 Å². The molecule has 0 saturated carbocycles. The zero-order valence-corrected chi connectivity index (χ0v) is 13.4. The van der Waals surface area contributed by atoms with Crippen LogP contribution in [0.5, 0.6) is 0 Å². The Balaban J connectivity index is 1.98. The second-order valence-electron chi connectivity index (χ2n) is 4.39. The molecule has 0 heterocycles. The molecule has 0 radical (unpaired) electrons. The Labute approximate surface area is 131 Å². The third-order valence-electron chi connectivity index (χ3n) is 2.56. The van der Waals surface area contributed by atoms with Crippen LogP contribution in [-0.2, 0) is 10.5 Å². The summed E-state index contributed by atoms with van der Waals surface area (Å²) in [5, 5.41) is 2.75. The Morgan fingerprint density at radius 3 is 2.55 bits per heavy atom. The lowest BCUT2D eigenvalue weighted by Gasteiger charge is -2.06. The Hall–Kier alpha value is -1.46. The average Bonchev–Trinajstić information content (AvgIpc) is 2.36. The van der Waals surface area contributed by atoms with Crippen LogP contribution in [0, 0.1) is 0 Å². The number of rotatable bonds is 4. The number of carbonyl (C=O) groups excluding carboxylic acids is 1. The van der Waals surface area contributed by atoms with Gasteiger partial charge in [-0.25, -0.2) is 0 Å². The van der Waals surface area contributed by atoms with Crippen molar-refractivity contribution in [2.45, 2.75) is 17.6 Å². The summed E-state index contributed by atoms with van der Waals surface area (Å²) in [5.41, 5.74) is 8.56. The number of nitrogens with two attached hydrogens (primary N) is 1. The highest BCUT2D eigenvalue weighted by molar-refractivity contribution is 9.10. The van der Waals surface area contributed by atoms with E-state index in [1.54, 1.807) is 11.8 Å². The van der Waals surface area contributed by atoms with Gasteiger partial charge in [-0.2, -0.15) is 0 Å². The molecule has 0 spiro atoms. The number of nitrogens with one attached hydrogen (secondary N) is 1. The molecule has 0 aliphatic carbocycles. The SMILES string of the molecule is CC(=O)Nc1ccc(SCc2cc(N)cc(Br)c2)cc1. The van der Waals surface area contributed by atoms with Gasteiger partial charge in [0, 0.05) is 33.4 Å². The van der Waals surface area contributed by atoms with E-state index in [0.29, 0.717) is 0 Å². The zero-order chi connectivity index (χ0) is 14.5. The van der Waals surface area contributed by atoms with Gasteiger partial charge in [0.05, 0.1) is 0 Å². The molecular formula is C15H15BrN2OS. The fourth-order valence-corrected chi connectivity index (χ4v) is 3.15. The van der Waals surface area contributed by atoms with Gasteiger partial charge in [-0.1, -0.05) is 15.9 Å². The van der Waals surface area contributed by atoms with Crippen LogP contribution in [0.2, 0.25) is 0 Å². The Kier molecular flexibility index (Phi) is 5.09. The number of carbonyl (C=O) groups is 1. The molecule has 0 saturated heterocycles. The number of nitrogen functional groups attached to an aromatic ring is 1. The number of halogens is 1. The monoisotopic (exact) mass is 350 g/mol. The van der Waals surface area contributed by atoms with Crippen LogP contribution in [0.4, 0.5) is 11.4 Å². The van der Waals surface area contributed by atoms with E-state index in [4.69, 9.17) is 5.73 Å². The van der Waals surface area contributed by atoms with E-state index in [1.807, 2.05) is 36.4 Å². The van der Waals surface area contributed by atoms with Crippen molar-refractivity contribution < 1.29 is 4.79 Å². The van der Waals surface area contributed by atoms with E-state index >= 15 is 0 Å². The smallest absolute Gasteiger partial charge is 0.221 e. The second kappa shape index (κ2) is 6.81. The summed E-state index contributed by atoms with van der Waals surface area (Å²) in [7, 11) is 0. The highest BCUT2D eigenvalue weighted by atomic mass is 79.9. The summed E-state index contributed by atoms with van der Waals surface area (Å²) in [4.78, 5) is 12.1. The molecule has 3 N–H and O–H groups in total. The lowest BCUT2D eigenvalue weighted by molar-refractivity contribution is -0.114. The predicted octanol–water partition coefficient (Wildman–Crippen LogP) is 4.28. The number of thioether (sulfide) groups is 1. The van der Waals surface area contributed by atoms with Crippen molar-refractivity contribution in [1.29, 1.82) is 0 Å². The summed E-state index contributed by atoms with van der Waals surface area (Å²) in [6, 6.07) is 13.7. The molecule has 20 heavy (non-hydrogen) atoms. The maximum absolute atomic E-state index is 10.9. The number of hydrogen-bond acceptors (Lipinski definition) is 3. The average molecular weight is 351 g/mol. The summed E-state index contributed by atoms with van der Waals surface area (Å²) < 4.78 is 0.995. The highest BCUT2D eigenvalue weighted by Gasteiger charge is 2.01. The Morgan fingerprint density at radius 1 is 1.25 bits per heavy atom. The molecule has 0 bridgehead atoms. The van der Waals surface area contributed by atoms with Crippen molar-refractivity contribution in [2.75, 3.05) is 11.1 Å². The van der Waals surface area contributed by atoms with Crippen LogP contribution in [0.3, 0.4) is 0 Å². The van der Waals surface area contributed by atoms with Crippen molar-refractivity contribution in [3.05, 3.63) is 52.5 Å². The Morgan fingerprint density at radius 2 is 1.95 bits per heavy atom. The van der Waals surface area contributed by atoms with E-state index in [-0.39, 0.29) is 5.91 Å². The number of benzene rings is 2. The molecule has 0 aliphatic heterocycles. The maximum atomic E-state index is 10.9. The summed E-state index contributed by atoms with van der Waals surface area (Å²) >= 11 is 5.17. The van der Waals surface area contributed by atoms with Gasteiger partial charge >= 0.3 is 0 Å². The standard InChI is InChI=1S/C15H15BrN2OS/c1-10(19)18-14-2-4-15(5-3-14)20-9-11-6-12(16)8-13(17)7-11/h2-8H,9,17H2,1H3,(H,18,19). The molecular weight excluding hydrogens is 336 g/mol. The number of hydrogen-bond donors (Lipinski definition) is 2. The van der Waals surface area contributed by atoms with Crippen molar-refractivity contribution in [3.63, 3.8) is 0 Å². The normalized spacial score (nSPS) is 10.3. The van der Waals surface area contributed by atoms with E-state index in [9.17, 15) is 4.79 Å². The van der Waals surface area contributed by atoms with Gasteiger partial charge in [-0.15, -0.1) is 11.8 Å². The number of anilines is 2. The molecule has 0 aliphatic rings. The van der Waals surface area contributed by atoms with Crippen LogP contribution in [0.15, 0.2) is 51.8 Å². The third kappa shape index (κ3) is 4.58. The van der Waals surface area contributed by atoms with Crippen LogP contribution < -0.4 is 11.1 Å². The lowest BCUT2D eigenvalue weighted by Crippen LogP contribution is -2.05. The molecule has 0 unspecified atom stereocenters. The molecule has 5 heteroatoms. The topological polar surface area (TPSA) is 55.1 Å². The molecule has 2 aromatic rings. The summed E-state index contributed by atoms with van der Waals surface area (Å²) in [6.45, 7) is 1.50. The fourth-order valence-electron chi connectivity index (χ4n) is 1.76. The van der Waals surface area contributed by atoms with Gasteiger partial charge in [0.1, 0.15) is 0 Å². The first-order valence-electron chi connectivity index (χ1n) is 6.08. The van der Waals surface area contributed by atoms with Gasteiger partial charge in [0.15, 0.2) is 0 Å². The quantitative estimate of drug-likeness (QED) is 0.639. The zero-order valence-electron chi connectivity index (χ0n) is 11.0. The first kappa shape index (κ1) is 14.9. The van der Waals surface area contributed by atoms with Crippen molar-refractivity contribution in [1.82, 2.24) is 0 Å². The lowest BCUT2D eigenvalue weighted by atomic mass is 10.2. The molecule has 0 fully saturated rings. The van der Waals surface area contributed by atoms with Gasteiger partial charge in [-0.05, 0) is 48.0 Å².